The molecular weight excluding hydrogens is 128 g/mol. The van der Waals surface area contributed by atoms with Crippen molar-refractivity contribution in [2.24, 2.45) is 4.99 Å². The monoisotopic (exact) mass is 136 g/mol. The molecule has 0 unspecified atom stereocenters. The van der Waals surface area contributed by atoms with E-state index in [1.54, 1.807) is 0 Å². The molecule has 8 heavy (non-hydrogen) atoms. The molecule has 0 amide bonds. The van der Waals surface area contributed by atoms with E-state index in [1.165, 1.54) is 0 Å². The Labute approximate surface area is 54.2 Å². The predicted molar refractivity (Wildman–Crippen MR) is 33.7 cm³/mol. The van der Waals surface area contributed by atoms with Gasteiger partial charge < -0.3 is 0 Å². The van der Waals surface area contributed by atoms with Crippen LogP contribution >= 0.6 is 12.4 Å². The minimum Gasteiger partial charge on any atom is -0.290 e. The molecule has 1 rings (SSSR count). The summed E-state index contributed by atoms with van der Waals surface area (Å²) in [5.41, 5.74) is 2.01. The number of aliphatic imine (C=N–C) groups is 1. The second-order valence-corrected chi connectivity index (χ2v) is 1.54. The highest BCUT2D eigenvalue weighted by atomic mass is 35.5. The molecule has 3 nitrogen and oxygen atoms in total. The highest BCUT2D eigenvalue weighted by Gasteiger charge is 2.01. The molecule has 0 radical (unpaired) electrons. The Balaban J connectivity index is 0.000000490. The van der Waals surface area contributed by atoms with Crippen molar-refractivity contribution in [2.45, 2.75) is 12.8 Å². The Morgan fingerprint density at radius 3 is 2.62 bits per heavy atom. The first-order valence-corrected chi connectivity index (χ1v) is 2.37. The van der Waals surface area contributed by atoms with Gasteiger partial charge in [-0.05, 0) is 6.42 Å². The number of halogens is 1. The Bertz CT molecular complexity index is 94.0. The van der Waals surface area contributed by atoms with Gasteiger partial charge in [0, 0.05) is 13.0 Å². The van der Waals surface area contributed by atoms with Crippen LogP contribution < -0.4 is 5.48 Å². The van der Waals surface area contributed by atoms with Crippen LogP contribution in [0.2, 0.25) is 0 Å². The number of nitrogens with zero attached hydrogens (tertiary/aromatic N) is 1. The molecule has 0 saturated carbocycles. The van der Waals surface area contributed by atoms with Gasteiger partial charge in [-0.15, -0.1) is 12.4 Å². The lowest BCUT2D eigenvalue weighted by atomic mass is 10.3. The summed E-state index contributed by atoms with van der Waals surface area (Å²) in [7, 11) is 0. The lowest BCUT2D eigenvalue weighted by Crippen LogP contribution is -2.15. The lowest BCUT2D eigenvalue weighted by molar-refractivity contribution is 0.232. The first kappa shape index (κ1) is 7.72. The van der Waals surface area contributed by atoms with Crippen LogP contribution in [0.5, 0.6) is 0 Å². The third-order valence-electron chi connectivity index (χ3n) is 1.00. The molecular formula is C4H9ClN2O. The maximum Gasteiger partial charge on any atom is 0.120 e. The topological polar surface area (TPSA) is 44.6 Å². The number of hydrogen-bond donors (Lipinski definition) is 2. The summed E-state index contributed by atoms with van der Waals surface area (Å²) in [6.07, 6.45) is 1.97. The summed E-state index contributed by atoms with van der Waals surface area (Å²) in [4.78, 5) is 3.91. The van der Waals surface area contributed by atoms with Crippen LogP contribution in [0.3, 0.4) is 0 Å². The van der Waals surface area contributed by atoms with Crippen molar-refractivity contribution in [2.75, 3.05) is 6.54 Å². The van der Waals surface area contributed by atoms with E-state index in [-0.39, 0.29) is 12.4 Å². The molecule has 0 aromatic carbocycles. The minimum atomic E-state index is 0. The van der Waals surface area contributed by atoms with Gasteiger partial charge in [0.15, 0.2) is 0 Å². The normalized spacial score (nSPS) is 16.9. The van der Waals surface area contributed by atoms with E-state index in [2.05, 4.69) is 4.99 Å². The van der Waals surface area contributed by atoms with Crippen LogP contribution in [0.15, 0.2) is 4.99 Å². The molecule has 2 N–H and O–H groups in total. The van der Waals surface area contributed by atoms with E-state index < -0.39 is 0 Å². The molecule has 4 heteroatoms. The fourth-order valence-corrected chi connectivity index (χ4v) is 0.631. The molecule has 0 aliphatic carbocycles. The molecule has 0 bridgehead atoms. The van der Waals surface area contributed by atoms with Gasteiger partial charge in [-0.25, -0.2) is 0 Å². The second kappa shape index (κ2) is 3.69. The van der Waals surface area contributed by atoms with Gasteiger partial charge in [0.1, 0.15) is 5.84 Å². The van der Waals surface area contributed by atoms with Crippen LogP contribution in [-0.2, 0) is 0 Å². The molecule has 0 aromatic rings. The third kappa shape index (κ3) is 1.68. The first-order chi connectivity index (χ1) is 3.43. The standard InChI is InChI=1S/C4H8N2O.ClH/c7-6-4-2-1-3-5-4;/h7H,1-3H2,(H,5,6);1H. The van der Waals surface area contributed by atoms with Crippen molar-refractivity contribution in [1.82, 2.24) is 5.48 Å². The van der Waals surface area contributed by atoms with Crippen molar-refractivity contribution < 1.29 is 5.21 Å². The van der Waals surface area contributed by atoms with Crippen molar-refractivity contribution in [1.29, 1.82) is 0 Å². The van der Waals surface area contributed by atoms with Crippen molar-refractivity contribution >= 4 is 18.2 Å². The number of hydrogen-bond acceptors (Lipinski definition) is 3. The summed E-state index contributed by atoms with van der Waals surface area (Å²) in [5.74, 6) is 0.722. The average Bonchev–Trinajstić information content (AvgIpc) is 2.14. The van der Waals surface area contributed by atoms with E-state index in [0.29, 0.717) is 0 Å². The van der Waals surface area contributed by atoms with Gasteiger partial charge in [0.25, 0.3) is 0 Å². The van der Waals surface area contributed by atoms with E-state index >= 15 is 0 Å². The second-order valence-electron chi connectivity index (χ2n) is 1.54. The summed E-state index contributed by atoms with van der Waals surface area (Å²) in [6.45, 7) is 0.864. The molecule has 0 spiro atoms. The zero-order valence-corrected chi connectivity index (χ0v) is 5.24. The third-order valence-corrected chi connectivity index (χ3v) is 1.00. The summed E-state index contributed by atoms with van der Waals surface area (Å²) in [6, 6.07) is 0. The van der Waals surface area contributed by atoms with E-state index in [1.807, 2.05) is 5.48 Å². The molecule has 0 atom stereocenters. The Morgan fingerprint density at radius 2 is 2.38 bits per heavy atom. The molecule has 1 aliphatic rings. The average molecular weight is 137 g/mol. The molecule has 0 aromatic heterocycles. The Morgan fingerprint density at radius 1 is 1.62 bits per heavy atom. The van der Waals surface area contributed by atoms with E-state index in [9.17, 15) is 0 Å². The highest BCUT2D eigenvalue weighted by Crippen LogP contribution is 1.99. The Kier molecular flexibility index (Phi) is 3.56. The van der Waals surface area contributed by atoms with Gasteiger partial charge in [-0.3, -0.25) is 15.7 Å². The number of nitrogens with one attached hydrogen (secondary N) is 1. The maximum absolute atomic E-state index is 8.19. The molecule has 0 saturated heterocycles. The van der Waals surface area contributed by atoms with Crippen molar-refractivity contribution in [3.05, 3.63) is 0 Å². The smallest absolute Gasteiger partial charge is 0.120 e. The molecule has 0 fully saturated rings. The van der Waals surface area contributed by atoms with Crippen LogP contribution in [0.4, 0.5) is 0 Å². The van der Waals surface area contributed by atoms with Crippen LogP contribution in [0.25, 0.3) is 0 Å². The van der Waals surface area contributed by atoms with Crippen molar-refractivity contribution in [3.63, 3.8) is 0 Å². The predicted octanol–water partition coefficient (Wildman–Crippen LogP) is 0.579. The zero-order chi connectivity index (χ0) is 5.11. The lowest BCUT2D eigenvalue weighted by Gasteiger charge is -1.90. The van der Waals surface area contributed by atoms with Crippen LogP contribution in [0, 0.1) is 0 Å². The number of hydroxylamine groups is 1. The van der Waals surface area contributed by atoms with Crippen LogP contribution in [0.1, 0.15) is 12.8 Å². The fourth-order valence-electron chi connectivity index (χ4n) is 0.631. The van der Waals surface area contributed by atoms with E-state index in [0.717, 1.165) is 25.2 Å². The zero-order valence-electron chi connectivity index (χ0n) is 4.42. The minimum absolute atomic E-state index is 0. The largest absolute Gasteiger partial charge is 0.290 e. The van der Waals surface area contributed by atoms with E-state index in [4.69, 9.17) is 5.21 Å². The van der Waals surface area contributed by atoms with Gasteiger partial charge in [-0.1, -0.05) is 0 Å². The maximum atomic E-state index is 8.19. The summed E-state index contributed by atoms with van der Waals surface area (Å²) >= 11 is 0. The van der Waals surface area contributed by atoms with Crippen molar-refractivity contribution in [3.8, 4) is 0 Å². The summed E-state index contributed by atoms with van der Waals surface area (Å²) < 4.78 is 0. The SMILES string of the molecule is Cl.ONC1=NCCC1. The Hall–Kier alpha value is -0.280. The number of rotatable bonds is 0. The quantitative estimate of drug-likeness (QED) is 0.479. The van der Waals surface area contributed by atoms with Gasteiger partial charge in [-0.2, -0.15) is 0 Å². The number of amidine groups is 1. The first-order valence-electron chi connectivity index (χ1n) is 2.37. The van der Waals surface area contributed by atoms with Crippen LogP contribution in [-0.4, -0.2) is 17.6 Å². The van der Waals surface area contributed by atoms with Gasteiger partial charge >= 0.3 is 0 Å². The fraction of sp³-hybridized carbons (Fsp3) is 0.750. The van der Waals surface area contributed by atoms with Gasteiger partial charge in [0.2, 0.25) is 0 Å². The molecule has 48 valence electrons. The molecule has 1 heterocycles. The highest BCUT2D eigenvalue weighted by molar-refractivity contribution is 5.85. The molecule has 1 aliphatic heterocycles. The summed E-state index contributed by atoms with van der Waals surface area (Å²) in [5, 5.41) is 8.19. The van der Waals surface area contributed by atoms with Gasteiger partial charge in [0.05, 0.1) is 0 Å².